The maximum Gasteiger partial charge on any atom is 0.122 e. The Morgan fingerprint density at radius 3 is 2.54 bits per heavy atom. The van der Waals surface area contributed by atoms with Gasteiger partial charge in [-0.3, -0.25) is 4.98 Å². The summed E-state index contributed by atoms with van der Waals surface area (Å²) in [6.07, 6.45) is 16.0. The van der Waals surface area contributed by atoms with Crippen LogP contribution in [0.15, 0.2) is 24.4 Å². The standard InChI is InChI=1S/C22H33NO/c1-15-4-6-16(2)20(9-5-15)13-18-7-10-19(11-8-18)21-14-23-17(3)12-22(21)24/h7,10,12,14-16,18-20H,4-6,8-9,11,13H2,1-3H3,(H,23,24)/t15?,16-,18?,19?,20?/m0/s1. The van der Waals surface area contributed by atoms with Crippen LogP contribution in [0.4, 0.5) is 0 Å². The summed E-state index contributed by atoms with van der Waals surface area (Å²) in [6, 6.07) is 1.78. The molecule has 132 valence electrons. The van der Waals surface area contributed by atoms with Gasteiger partial charge in [-0.05, 0) is 56.3 Å². The van der Waals surface area contributed by atoms with Crippen molar-refractivity contribution in [3.63, 3.8) is 0 Å². The predicted octanol–water partition coefficient (Wildman–Crippen LogP) is 6.00. The maximum atomic E-state index is 10.2. The Kier molecular flexibility index (Phi) is 5.63. The fourth-order valence-corrected chi connectivity index (χ4v) is 4.62. The molecule has 3 rings (SSSR count). The van der Waals surface area contributed by atoms with Gasteiger partial charge in [0.2, 0.25) is 0 Å². The number of aromatic hydroxyl groups is 1. The van der Waals surface area contributed by atoms with E-state index in [4.69, 9.17) is 0 Å². The van der Waals surface area contributed by atoms with E-state index in [1.807, 2.05) is 13.1 Å². The lowest BCUT2D eigenvalue weighted by atomic mass is 9.77. The average molecular weight is 328 g/mol. The average Bonchev–Trinajstić information content (AvgIpc) is 2.71. The Bertz CT molecular complexity index is 579. The van der Waals surface area contributed by atoms with E-state index in [1.165, 1.54) is 38.5 Å². The smallest absolute Gasteiger partial charge is 0.122 e. The molecule has 0 aliphatic heterocycles. The lowest BCUT2D eigenvalue weighted by molar-refractivity contribution is 0.275. The highest BCUT2D eigenvalue weighted by Gasteiger charge is 2.27. The van der Waals surface area contributed by atoms with Gasteiger partial charge in [0.15, 0.2) is 0 Å². The van der Waals surface area contributed by atoms with Crippen LogP contribution in [0.5, 0.6) is 5.75 Å². The fraction of sp³-hybridized carbons (Fsp3) is 0.682. The van der Waals surface area contributed by atoms with Gasteiger partial charge in [0.25, 0.3) is 0 Å². The van der Waals surface area contributed by atoms with Gasteiger partial charge in [-0.15, -0.1) is 0 Å². The topological polar surface area (TPSA) is 33.1 Å². The molecule has 1 N–H and O–H groups in total. The quantitative estimate of drug-likeness (QED) is 0.545. The number of hydrogen-bond acceptors (Lipinski definition) is 2. The number of nitrogens with zero attached hydrogens (tertiary/aromatic N) is 1. The minimum Gasteiger partial charge on any atom is -0.508 e. The van der Waals surface area contributed by atoms with Gasteiger partial charge in [0.05, 0.1) is 0 Å². The van der Waals surface area contributed by atoms with E-state index in [0.717, 1.165) is 41.3 Å². The molecular formula is C22H33NO. The predicted molar refractivity (Wildman–Crippen MR) is 100 cm³/mol. The van der Waals surface area contributed by atoms with E-state index in [-0.39, 0.29) is 0 Å². The summed E-state index contributed by atoms with van der Waals surface area (Å²) in [7, 11) is 0. The van der Waals surface area contributed by atoms with E-state index in [0.29, 0.717) is 11.7 Å². The third-order valence-electron chi connectivity index (χ3n) is 6.47. The Balaban J connectivity index is 1.60. The van der Waals surface area contributed by atoms with Crippen LogP contribution in [-0.4, -0.2) is 10.1 Å². The Labute approximate surface area is 147 Å². The lowest BCUT2D eigenvalue weighted by Gasteiger charge is -2.29. The number of rotatable bonds is 3. The van der Waals surface area contributed by atoms with Crippen LogP contribution < -0.4 is 0 Å². The second-order valence-electron chi connectivity index (χ2n) is 8.45. The van der Waals surface area contributed by atoms with Gasteiger partial charge in [-0.1, -0.05) is 45.3 Å². The van der Waals surface area contributed by atoms with Crippen molar-refractivity contribution in [2.24, 2.45) is 23.7 Å². The van der Waals surface area contributed by atoms with Crippen LogP contribution in [0.2, 0.25) is 0 Å². The molecule has 1 aromatic heterocycles. The van der Waals surface area contributed by atoms with E-state index in [1.54, 1.807) is 6.07 Å². The largest absolute Gasteiger partial charge is 0.508 e. The SMILES string of the molecule is Cc1cc(O)c(C2C=CC(CC3CCC(C)CC[C@@H]3C)CC2)cn1. The van der Waals surface area contributed by atoms with E-state index in [2.05, 4.69) is 31.0 Å². The molecule has 0 spiro atoms. The number of pyridine rings is 1. The first-order valence-corrected chi connectivity index (χ1v) is 9.86. The summed E-state index contributed by atoms with van der Waals surface area (Å²) in [5, 5.41) is 10.2. The fourth-order valence-electron chi connectivity index (χ4n) is 4.62. The zero-order valence-corrected chi connectivity index (χ0v) is 15.5. The molecule has 1 aromatic rings. The molecule has 24 heavy (non-hydrogen) atoms. The van der Waals surface area contributed by atoms with Crippen LogP contribution >= 0.6 is 0 Å². The molecule has 0 amide bonds. The monoisotopic (exact) mass is 327 g/mol. The highest BCUT2D eigenvalue weighted by molar-refractivity contribution is 5.37. The van der Waals surface area contributed by atoms with Crippen molar-refractivity contribution in [2.75, 3.05) is 0 Å². The van der Waals surface area contributed by atoms with Crippen LogP contribution in [0.3, 0.4) is 0 Å². The van der Waals surface area contributed by atoms with Crippen molar-refractivity contribution >= 4 is 0 Å². The molecule has 0 aromatic carbocycles. The number of hydrogen-bond donors (Lipinski definition) is 1. The summed E-state index contributed by atoms with van der Waals surface area (Å²) in [5.41, 5.74) is 1.87. The second kappa shape index (κ2) is 7.72. The first kappa shape index (κ1) is 17.5. The maximum absolute atomic E-state index is 10.2. The van der Waals surface area contributed by atoms with Crippen LogP contribution in [0.25, 0.3) is 0 Å². The van der Waals surface area contributed by atoms with Gasteiger partial charge >= 0.3 is 0 Å². The second-order valence-corrected chi connectivity index (χ2v) is 8.45. The highest BCUT2D eigenvalue weighted by Crippen LogP contribution is 2.40. The van der Waals surface area contributed by atoms with Crippen molar-refractivity contribution in [1.82, 2.24) is 4.98 Å². The number of aromatic nitrogens is 1. The van der Waals surface area contributed by atoms with Gasteiger partial charge in [0, 0.05) is 29.4 Å². The third kappa shape index (κ3) is 4.20. The van der Waals surface area contributed by atoms with Crippen molar-refractivity contribution in [3.05, 3.63) is 35.7 Å². The van der Waals surface area contributed by atoms with Crippen LogP contribution in [-0.2, 0) is 0 Å². The molecule has 1 heterocycles. The van der Waals surface area contributed by atoms with Crippen LogP contribution in [0, 0.1) is 30.6 Å². The summed E-state index contributed by atoms with van der Waals surface area (Å²) < 4.78 is 0. The zero-order chi connectivity index (χ0) is 17.1. The molecule has 1 saturated carbocycles. The number of aryl methyl sites for hydroxylation is 1. The normalized spacial score (nSPS) is 34.0. The number of allylic oxidation sites excluding steroid dienone is 2. The Hall–Kier alpha value is -1.31. The highest BCUT2D eigenvalue weighted by atomic mass is 16.3. The molecule has 1 fully saturated rings. The van der Waals surface area contributed by atoms with E-state index < -0.39 is 0 Å². The Morgan fingerprint density at radius 1 is 1.04 bits per heavy atom. The van der Waals surface area contributed by atoms with Gasteiger partial charge in [0.1, 0.15) is 5.75 Å². The molecule has 2 heteroatoms. The molecule has 2 aliphatic carbocycles. The summed E-state index contributed by atoms with van der Waals surface area (Å²) in [6.45, 7) is 6.81. The molecule has 2 aliphatic rings. The summed E-state index contributed by atoms with van der Waals surface area (Å²) in [4.78, 5) is 4.36. The van der Waals surface area contributed by atoms with Crippen molar-refractivity contribution < 1.29 is 5.11 Å². The minimum absolute atomic E-state index is 0.334. The van der Waals surface area contributed by atoms with Crippen molar-refractivity contribution in [2.45, 2.75) is 71.6 Å². The molecular weight excluding hydrogens is 294 g/mol. The zero-order valence-electron chi connectivity index (χ0n) is 15.5. The first-order valence-electron chi connectivity index (χ1n) is 9.86. The molecule has 5 atom stereocenters. The summed E-state index contributed by atoms with van der Waals surface area (Å²) in [5.74, 6) is 4.16. The van der Waals surface area contributed by atoms with Crippen LogP contribution in [0.1, 0.15) is 76.0 Å². The van der Waals surface area contributed by atoms with Gasteiger partial charge in [-0.2, -0.15) is 0 Å². The van der Waals surface area contributed by atoms with E-state index >= 15 is 0 Å². The summed E-state index contributed by atoms with van der Waals surface area (Å²) >= 11 is 0. The molecule has 0 radical (unpaired) electrons. The first-order chi connectivity index (χ1) is 11.5. The van der Waals surface area contributed by atoms with Crippen molar-refractivity contribution in [1.29, 1.82) is 0 Å². The third-order valence-corrected chi connectivity index (χ3v) is 6.47. The minimum atomic E-state index is 0.334. The molecule has 0 saturated heterocycles. The molecule has 2 nitrogen and oxygen atoms in total. The molecule has 0 bridgehead atoms. The Morgan fingerprint density at radius 2 is 1.83 bits per heavy atom. The molecule has 4 unspecified atom stereocenters. The lowest BCUT2D eigenvalue weighted by Crippen LogP contribution is -2.17. The van der Waals surface area contributed by atoms with E-state index in [9.17, 15) is 5.11 Å². The van der Waals surface area contributed by atoms with Gasteiger partial charge < -0.3 is 5.11 Å². The van der Waals surface area contributed by atoms with Gasteiger partial charge in [-0.25, -0.2) is 0 Å². The van der Waals surface area contributed by atoms with Crippen molar-refractivity contribution in [3.8, 4) is 5.75 Å².